The molecule has 3 aliphatic heterocycles. The van der Waals surface area contributed by atoms with E-state index in [0.29, 0.717) is 0 Å². The van der Waals surface area contributed by atoms with E-state index in [9.17, 15) is 0 Å². The number of likely N-dealkylation sites (tertiary alicyclic amines) is 1. The summed E-state index contributed by atoms with van der Waals surface area (Å²) in [7, 11) is 1.73. The number of hydrogen-bond donors (Lipinski definition) is 0. The Morgan fingerprint density at radius 1 is 0.852 bits per heavy atom. The molecule has 0 bridgehead atoms. The van der Waals surface area contributed by atoms with E-state index in [1.54, 1.807) is 7.11 Å². The van der Waals surface area contributed by atoms with Crippen molar-refractivity contribution in [3.8, 4) is 5.75 Å². The van der Waals surface area contributed by atoms with Crippen LogP contribution in [0.2, 0.25) is 0 Å². The molecule has 150 valence electrons. The summed E-state index contributed by atoms with van der Waals surface area (Å²) < 4.78 is 5.29. The first-order valence-corrected chi connectivity index (χ1v) is 12.7. The van der Waals surface area contributed by atoms with Gasteiger partial charge in [-0.3, -0.25) is 9.80 Å². The molecule has 3 heterocycles. The van der Waals surface area contributed by atoms with Crippen LogP contribution in [0.25, 0.3) is 0 Å². The number of ether oxygens (including phenoxy) is 1. The number of hydrogen-bond acceptors (Lipinski definition) is 6. The van der Waals surface area contributed by atoms with Gasteiger partial charge in [-0.25, -0.2) is 0 Å². The van der Waals surface area contributed by atoms with Gasteiger partial charge in [-0.2, -0.15) is 23.5 Å². The van der Waals surface area contributed by atoms with Crippen LogP contribution in [0, 0.1) is 0 Å². The normalized spacial score (nSPS) is 26.7. The lowest BCUT2D eigenvalue weighted by Crippen LogP contribution is -2.57. The summed E-state index contributed by atoms with van der Waals surface area (Å²) in [6, 6.07) is 10.1. The van der Waals surface area contributed by atoms with Crippen LogP contribution >= 0.6 is 23.5 Å². The number of piperidine rings is 1. The van der Waals surface area contributed by atoms with Crippen LogP contribution in [0.15, 0.2) is 24.3 Å². The van der Waals surface area contributed by atoms with Gasteiger partial charge >= 0.3 is 0 Å². The largest absolute Gasteiger partial charge is 0.497 e. The van der Waals surface area contributed by atoms with E-state index < -0.39 is 0 Å². The van der Waals surface area contributed by atoms with E-state index in [1.807, 2.05) is 0 Å². The zero-order valence-corrected chi connectivity index (χ0v) is 18.1. The molecule has 0 saturated carbocycles. The second-order valence-electron chi connectivity index (χ2n) is 7.82. The Bertz CT molecular complexity index is 569. The van der Waals surface area contributed by atoms with Gasteiger partial charge in [0.2, 0.25) is 0 Å². The van der Waals surface area contributed by atoms with E-state index >= 15 is 0 Å². The Morgan fingerprint density at radius 3 is 2.22 bits per heavy atom. The van der Waals surface area contributed by atoms with Crippen molar-refractivity contribution in [1.29, 1.82) is 0 Å². The molecule has 1 atom stereocenters. The van der Waals surface area contributed by atoms with Crippen molar-refractivity contribution >= 4 is 29.2 Å². The molecule has 0 amide bonds. The first-order valence-electron chi connectivity index (χ1n) is 10.4. The average Bonchev–Trinajstić information content (AvgIpc) is 3.04. The Labute approximate surface area is 173 Å². The predicted molar refractivity (Wildman–Crippen MR) is 120 cm³/mol. The Morgan fingerprint density at radius 2 is 1.56 bits per heavy atom. The summed E-state index contributed by atoms with van der Waals surface area (Å²) in [5.74, 6) is 6.29. The van der Waals surface area contributed by atoms with Crippen LogP contribution in [0.1, 0.15) is 12.8 Å². The highest BCUT2D eigenvalue weighted by molar-refractivity contribution is 8.03. The van der Waals surface area contributed by atoms with Gasteiger partial charge in [-0.15, -0.1) is 0 Å². The van der Waals surface area contributed by atoms with Crippen LogP contribution in [0.5, 0.6) is 5.75 Å². The number of benzene rings is 1. The first-order chi connectivity index (χ1) is 13.3. The number of piperazine rings is 1. The van der Waals surface area contributed by atoms with Crippen molar-refractivity contribution in [1.82, 2.24) is 9.80 Å². The van der Waals surface area contributed by atoms with Crippen molar-refractivity contribution in [3.05, 3.63) is 24.3 Å². The number of nitrogens with zero attached hydrogens (tertiary/aromatic N) is 3. The lowest BCUT2D eigenvalue weighted by Gasteiger charge is -2.45. The van der Waals surface area contributed by atoms with E-state index in [1.165, 1.54) is 67.7 Å². The standard InChI is InChI=1S/C21H33N3OS2/c1-25-21-6-4-18(5-7-21)22-9-11-23(12-10-22)19-3-2-8-24(15-19)20-16-26-13-14-27-17-20/h4-7,19-20H,2-3,8-17H2,1H3/t19-/m0/s1. The molecule has 3 aliphatic rings. The maximum absolute atomic E-state index is 5.29. The maximum Gasteiger partial charge on any atom is 0.119 e. The van der Waals surface area contributed by atoms with Crippen LogP contribution in [0.3, 0.4) is 0 Å². The van der Waals surface area contributed by atoms with Gasteiger partial charge in [0, 0.05) is 73.5 Å². The zero-order chi connectivity index (χ0) is 18.5. The van der Waals surface area contributed by atoms with Crippen molar-refractivity contribution in [2.75, 3.05) is 74.3 Å². The van der Waals surface area contributed by atoms with Gasteiger partial charge < -0.3 is 9.64 Å². The van der Waals surface area contributed by atoms with Gasteiger partial charge in [-0.05, 0) is 43.7 Å². The van der Waals surface area contributed by atoms with Crippen molar-refractivity contribution in [3.63, 3.8) is 0 Å². The molecule has 6 heteroatoms. The van der Waals surface area contributed by atoms with E-state index in [0.717, 1.165) is 30.9 Å². The molecule has 1 aromatic carbocycles. The monoisotopic (exact) mass is 407 g/mol. The van der Waals surface area contributed by atoms with E-state index in [2.05, 4.69) is 62.5 Å². The number of rotatable bonds is 4. The molecule has 0 unspecified atom stereocenters. The number of methoxy groups -OCH3 is 1. The third-order valence-corrected chi connectivity index (χ3v) is 8.69. The summed E-state index contributed by atoms with van der Waals surface area (Å²) in [5, 5.41) is 0. The Balaban J connectivity index is 1.29. The third-order valence-electron chi connectivity index (χ3n) is 6.21. The maximum atomic E-state index is 5.29. The first kappa shape index (κ1) is 19.7. The van der Waals surface area contributed by atoms with Gasteiger partial charge in [-0.1, -0.05) is 0 Å². The van der Waals surface area contributed by atoms with Gasteiger partial charge in [0.15, 0.2) is 0 Å². The summed E-state index contributed by atoms with van der Waals surface area (Å²) in [5.41, 5.74) is 1.33. The topological polar surface area (TPSA) is 19.0 Å². The summed E-state index contributed by atoms with van der Waals surface area (Å²) in [6.07, 6.45) is 2.75. The van der Waals surface area contributed by atoms with Crippen LogP contribution < -0.4 is 9.64 Å². The number of thioether (sulfide) groups is 2. The molecule has 0 aromatic heterocycles. The Hall–Kier alpha value is -0.560. The highest BCUT2D eigenvalue weighted by Gasteiger charge is 2.31. The molecule has 3 saturated heterocycles. The molecule has 4 nitrogen and oxygen atoms in total. The minimum Gasteiger partial charge on any atom is -0.497 e. The minimum absolute atomic E-state index is 0.759. The highest BCUT2D eigenvalue weighted by Crippen LogP contribution is 2.26. The molecule has 27 heavy (non-hydrogen) atoms. The van der Waals surface area contributed by atoms with Gasteiger partial charge in [0.25, 0.3) is 0 Å². The number of anilines is 1. The smallest absolute Gasteiger partial charge is 0.119 e. The SMILES string of the molecule is COc1ccc(N2CCN([C@H]3CCCN(C4CSCCSC4)C3)CC2)cc1. The Kier molecular flexibility index (Phi) is 7.14. The fourth-order valence-corrected chi connectivity index (χ4v) is 7.19. The molecule has 1 aromatic rings. The minimum atomic E-state index is 0.759. The zero-order valence-electron chi connectivity index (χ0n) is 16.5. The summed E-state index contributed by atoms with van der Waals surface area (Å²) in [4.78, 5) is 8.10. The van der Waals surface area contributed by atoms with Crippen molar-refractivity contribution in [2.24, 2.45) is 0 Å². The second kappa shape index (κ2) is 9.77. The van der Waals surface area contributed by atoms with Crippen LogP contribution in [-0.4, -0.2) is 91.3 Å². The molecule has 0 aliphatic carbocycles. The van der Waals surface area contributed by atoms with E-state index in [4.69, 9.17) is 4.74 Å². The summed E-state index contributed by atoms with van der Waals surface area (Å²) >= 11 is 4.33. The second-order valence-corrected chi connectivity index (χ2v) is 10.1. The van der Waals surface area contributed by atoms with E-state index in [-0.39, 0.29) is 0 Å². The van der Waals surface area contributed by atoms with Crippen molar-refractivity contribution in [2.45, 2.75) is 24.9 Å². The fraction of sp³-hybridized carbons (Fsp3) is 0.714. The fourth-order valence-electron chi connectivity index (χ4n) is 4.57. The van der Waals surface area contributed by atoms with Crippen LogP contribution in [0.4, 0.5) is 5.69 Å². The van der Waals surface area contributed by atoms with Crippen LogP contribution in [-0.2, 0) is 0 Å². The molecular formula is C21H33N3OS2. The predicted octanol–water partition coefficient (Wildman–Crippen LogP) is 3.13. The summed E-state index contributed by atoms with van der Waals surface area (Å²) in [6.45, 7) is 7.26. The third kappa shape index (κ3) is 5.08. The lowest BCUT2D eigenvalue weighted by atomic mass is 10.0. The molecule has 0 spiro atoms. The molecule has 0 N–H and O–H groups in total. The van der Waals surface area contributed by atoms with Crippen molar-refractivity contribution < 1.29 is 4.74 Å². The highest BCUT2D eigenvalue weighted by atomic mass is 32.2. The molecule has 0 radical (unpaired) electrons. The molecule has 4 rings (SSSR count). The van der Waals surface area contributed by atoms with Gasteiger partial charge in [0.1, 0.15) is 5.75 Å². The lowest BCUT2D eigenvalue weighted by molar-refractivity contribution is 0.0783. The average molecular weight is 408 g/mol. The molecule has 3 fully saturated rings. The quantitative estimate of drug-likeness (QED) is 0.758. The molecular weight excluding hydrogens is 374 g/mol. The van der Waals surface area contributed by atoms with Gasteiger partial charge in [0.05, 0.1) is 7.11 Å².